The molecule has 4 aliphatic carbocycles. The quantitative estimate of drug-likeness (QED) is 0.473. The van der Waals surface area contributed by atoms with Crippen LogP contribution in [0, 0.1) is 34.5 Å². The van der Waals surface area contributed by atoms with Crippen molar-refractivity contribution in [1.29, 1.82) is 0 Å². The maximum Gasteiger partial charge on any atom is 0.509 e. The molecule has 0 heterocycles. The van der Waals surface area contributed by atoms with E-state index in [1.165, 1.54) is 6.08 Å². The Kier molecular flexibility index (Phi) is 7.12. The second kappa shape index (κ2) is 9.72. The first-order chi connectivity index (χ1) is 17.4. The molecule has 202 valence electrons. The van der Waals surface area contributed by atoms with Crippen molar-refractivity contribution in [2.75, 3.05) is 20.3 Å². The fourth-order valence-corrected chi connectivity index (χ4v) is 7.40. The topological polar surface area (TPSA) is 122 Å². The highest BCUT2D eigenvalue weighted by molar-refractivity contribution is 6.02. The van der Waals surface area contributed by atoms with E-state index in [1.807, 2.05) is 33.8 Å². The smallest absolute Gasteiger partial charge is 0.438 e. The third kappa shape index (κ3) is 4.40. The fourth-order valence-electron chi connectivity index (χ4n) is 7.40. The Morgan fingerprint density at radius 2 is 1.81 bits per heavy atom. The summed E-state index contributed by atoms with van der Waals surface area (Å²) in [4.78, 5) is 64.0. The molecule has 4 rings (SSSR count). The molecule has 37 heavy (non-hydrogen) atoms. The second-order valence-corrected chi connectivity index (χ2v) is 11.6. The molecule has 0 aromatic carbocycles. The van der Waals surface area contributed by atoms with Gasteiger partial charge in [-0.25, -0.2) is 9.59 Å². The summed E-state index contributed by atoms with van der Waals surface area (Å²) >= 11 is 0. The first kappa shape index (κ1) is 27.1. The van der Waals surface area contributed by atoms with Crippen molar-refractivity contribution >= 4 is 29.7 Å². The molecule has 3 fully saturated rings. The van der Waals surface area contributed by atoms with Gasteiger partial charge in [-0.05, 0) is 55.6 Å². The van der Waals surface area contributed by atoms with E-state index in [1.54, 1.807) is 6.08 Å². The molecule has 0 aromatic heterocycles. The highest BCUT2D eigenvalue weighted by Gasteiger charge is 2.70. The van der Waals surface area contributed by atoms with Crippen molar-refractivity contribution in [3.63, 3.8) is 0 Å². The van der Waals surface area contributed by atoms with Crippen molar-refractivity contribution in [3.8, 4) is 0 Å². The number of carbonyl (C=O) groups excluding carboxylic acids is 5. The maximum absolute atomic E-state index is 13.9. The Morgan fingerprint density at radius 1 is 1.08 bits per heavy atom. The van der Waals surface area contributed by atoms with Crippen LogP contribution in [0.3, 0.4) is 0 Å². The van der Waals surface area contributed by atoms with Crippen molar-refractivity contribution in [2.45, 2.75) is 65.4 Å². The number of fused-ring (bicyclic) bond motifs is 5. The number of allylic oxidation sites excluding steroid dienone is 4. The summed E-state index contributed by atoms with van der Waals surface area (Å²) in [7, 11) is 1.16. The molecule has 0 spiro atoms. The summed E-state index contributed by atoms with van der Waals surface area (Å²) in [6, 6.07) is 0. The second-order valence-electron chi connectivity index (χ2n) is 11.6. The minimum atomic E-state index is -1.68. The van der Waals surface area contributed by atoms with Gasteiger partial charge in [-0.3, -0.25) is 14.4 Å². The van der Waals surface area contributed by atoms with Gasteiger partial charge < -0.3 is 18.9 Å². The molecule has 0 bridgehead atoms. The number of hydrogen-bond acceptors (Lipinski definition) is 9. The van der Waals surface area contributed by atoms with Crippen LogP contribution in [0.25, 0.3) is 0 Å². The molecular weight excluding hydrogens is 480 g/mol. The summed E-state index contributed by atoms with van der Waals surface area (Å²) < 4.78 is 20.6. The van der Waals surface area contributed by atoms with Gasteiger partial charge in [0.25, 0.3) is 0 Å². The van der Waals surface area contributed by atoms with Gasteiger partial charge in [-0.1, -0.05) is 39.3 Å². The Bertz CT molecular complexity index is 1070. The van der Waals surface area contributed by atoms with E-state index in [9.17, 15) is 24.0 Å². The number of hydrogen-bond donors (Lipinski definition) is 0. The highest BCUT2D eigenvalue weighted by Crippen LogP contribution is 2.67. The van der Waals surface area contributed by atoms with Gasteiger partial charge >= 0.3 is 12.3 Å². The zero-order chi connectivity index (χ0) is 27.2. The van der Waals surface area contributed by atoms with Crippen LogP contribution in [-0.4, -0.2) is 55.6 Å². The summed E-state index contributed by atoms with van der Waals surface area (Å²) in [5.74, 6) is -1.08. The van der Waals surface area contributed by atoms with Gasteiger partial charge in [0.05, 0.1) is 13.7 Å². The van der Waals surface area contributed by atoms with Crippen molar-refractivity contribution in [1.82, 2.24) is 0 Å². The maximum atomic E-state index is 13.9. The number of ketones is 3. The van der Waals surface area contributed by atoms with Gasteiger partial charge in [0.2, 0.25) is 5.78 Å². The standard InChI is InChI=1S/C28H36O9/c1-16(2)14-35-25(33)36-15-22(31)28(37-24(32)34-5)11-9-20-19-7-6-17-12-18(29)8-10-26(17,3)23(19)21(30)13-27(20,28)4/h8,10,12,16,19-20,23H,6-7,9,11,13-15H2,1-5H3/t19-,20-,23+,26-,27-,28-/m0/s1. The third-order valence-corrected chi connectivity index (χ3v) is 9.11. The molecule has 9 nitrogen and oxygen atoms in total. The SMILES string of the molecule is COC(=O)O[C@]1(C(=O)COC(=O)OCC(C)C)CC[C@H]2[C@@H]3CCC4=CC(=O)C=C[C@]4(C)[C@H]3C(=O)C[C@@]21C. The first-order valence-corrected chi connectivity index (χ1v) is 12.9. The molecular formula is C28H36O9. The molecule has 0 aromatic rings. The number of Topliss-reactive ketones (excluding diaryl/α,β-unsaturated/α-hetero) is 2. The van der Waals surface area contributed by atoms with E-state index in [4.69, 9.17) is 18.9 Å². The van der Waals surface area contributed by atoms with E-state index in [0.717, 1.165) is 12.7 Å². The summed E-state index contributed by atoms with van der Waals surface area (Å²) in [5, 5.41) is 0. The van der Waals surface area contributed by atoms with E-state index >= 15 is 0 Å². The zero-order valence-electron chi connectivity index (χ0n) is 22.2. The van der Waals surface area contributed by atoms with Gasteiger partial charge in [-0.15, -0.1) is 0 Å². The van der Waals surface area contributed by atoms with Crippen LogP contribution in [0.4, 0.5) is 9.59 Å². The largest absolute Gasteiger partial charge is 0.509 e. The lowest BCUT2D eigenvalue weighted by Gasteiger charge is -2.57. The Labute approximate surface area is 216 Å². The van der Waals surface area contributed by atoms with Crippen LogP contribution in [0.1, 0.15) is 59.8 Å². The normalized spacial score (nSPS) is 36.2. The summed E-state index contributed by atoms with van der Waals surface area (Å²) in [6.07, 6.45) is 5.17. The minimum Gasteiger partial charge on any atom is -0.438 e. The Hall–Kier alpha value is -2.97. The van der Waals surface area contributed by atoms with Gasteiger partial charge in [0.1, 0.15) is 5.78 Å². The monoisotopic (exact) mass is 516 g/mol. The lowest BCUT2D eigenvalue weighted by molar-refractivity contribution is -0.173. The van der Waals surface area contributed by atoms with E-state index < -0.39 is 41.1 Å². The highest BCUT2D eigenvalue weighted by atomic mass is 16.7. The molecule has 0 saturated heterocycles. The lowest BCUT2D eigenvalue weighted by Crippen LogP contribution is -2.62. The number of carbonyl (C=O) groups is 5. The predicted octanol–water partition coefficient (Wildman–Crippen LogP) is 4.37. The van der Waals surface area contributed by atoms with Crippen LogP contribution in [-0.2, 0) is 33.3 Å². The molecule has 9 heteroatoms. The first-order valence-electron chi connectivity index (χ1n) is 12.9. The molecule has 3 saturated carbocycles. The summed E-state index contributed by atoms with van der Waals surface area (Å²) in [5.41, 5.74) is -2.28. The number of rotatable bonds is 6. The minimum absolute atomic E-state index is 0.0179. The van der Waals surface area contributed by atoms with E-state index in [0.29, 0.717) is 19.3 Å². The molecule has 0 N–H and O–H groups in total. The van der Waals surface area contributed by atoms with Gasteiger partial charge in [0.15, 0.2) is 18.0 Å². The van der Waals surface area contributed by atoms with Crippen molar-refractivity contribution < 1.29 is 42.9 Å². The molecule has 0 amide bonds. The molecule has 0 radical (unpaired) electrons. The van der Waals surface area contributed by atoms with Gasteiger partial charge in [-0.2, -0.15) is 0 Å². The zero-order valence-corrected chi connectivity index (χ0v) is 22.2. The third-order valence-electron chi connectivity index (χ3n) is 9.11. The average molecular weight is 517 g/mol. The molecule has 0 unspecified atom stereocenters. The van der Waals surface area contributed by atoms with Crippen LogP contribution < -0.4 is 0 Å². The Morgan fingerprint density at radius 3 is 2.49 bits per heavy atom. The molecule has 6 atom stereocenters. The summed E-state index contributed by atoms with van der Waals surface area (Å²) in [6.45, 7) is 7.07. The van der Waals surface area contributed by atoms with Crippen LogP contribution in [0.15, 0.2) is 23.8 Å². The van der Waals surface area contributed by atoms with E-state index in [-0.39, 0.29) is 54.7 Å². The van der Waals surface area contributed by atoms with Crippen LogP contribution in [0.5, 0.6) is 0 Å². The number of methoxy groups -OCH3 is 1. The fraction of sp³-hybridized carbons (Fsp3) is 0.679. The molecule has 0 aliphatic heterocycles. The average Bonchev–Trinajstić information content (AvgIpc) is 3.13. The van der Waals surface area contributed by atoms with Crippen LogP contribution >= 0.6 is 0 Å². The van der Waals surface area contributed by atoms with E-state index in [2.05, 4.69) is 0 Å². The molecule has 4 aliphatic rings. The lowest BCUT2D eigenvalue weighted by atomic mass is 9.46. The van der Waals surface area contributed by atoms with Crippen molar-refractivity contribution in [2.24, 2.45) is 34.5 Å². The Balaban J connectivity index is 1.64. The van der Waals surface area contributed by atoms with Crippen molar-refractivity contribution in [3.05, 3.63) is 23.8 Å². The van der Waals surface area contributed by atoms with Gasteiger partial charge in [0, 0.05) is 23.2 Å². The predicted molar refractivity (Wildman–Crippen MR) is 130 cm³/mol. The number of ether oxygens (including phenoxy) is 4. The van der Waals surface area contributed by atoms with Crippen LogP contribution in [0.2, 0.25) is 0 Å².